The van der Waals surface area contributed by atoms with Crippen molar-refractivity contribution >= 4 is 72.0 Å². The van der Waals surface area contributed by atoms with Gasteiger partial charge in [-0.2, -0.15) is 8.42 Å². The minimum Gasteiger partial charge on any atom is -0.382 e. The third kappa shape index (κ3) is 4.75. The predicted molar refractivity (Wildman–Crippen MR) is 112 cm³/mol. The fourth-order valence-electron chi connectivity index (χ4n) is 2.29. The Morgan fingerprint density at radius 2 is 1.89 bits per heavy atom. The van der Waals surface area contributed by atoms with Crippen molar-refractivity contribution in [2.75, 3.05) is 11.2 Å². The highest BCUT2D eigenvalue weighted by Crippen LogP contribution is 2.37. The van der Waals surface area contributed by atoms with E-state index in [1.54, 1.807) is 12.1 Å². The average Bonchev–Trinajstić information content (AvgIpc) is 2.84. The fourth-order valence-corrected chi connectivity index (χ4v) is 4.44. The second kappa shape index (κ2) is 7.70. The van der Waals surface area contributed by atoms with Crippen LogP contribution in [0.2, 0.25) is 0 Å². The van der Waals surface area contributed by atoms with Gasteiger partial charge in [-0.3, -0.25) is 9.69 Å². The maximum absolute atomic E-state index is 13.1. The molecule has 0 aromatic heterocycles. The lowest BCUT2D eigenvalue weighted by atomic mass is 10.2. The van der Waals surface area contributed by atoms with E-state index in [-0.39, 0.29) is 11.7 Å². The van der Waals surface area contributed by atoms with Crippen molar-refractivity contribution in [2.24, 2.45) is 0 Å². The van der Waals surface area contributed by atoms with Crippen LogP contribution < -0.4 is 9.08 Å². The molecule has 0 N–H and O–H groups in total. The van der Waals surface area contributed by atoms with Crippen LogP contribution in [0.25, 0.3) is 6.08 Å². The molecule has 1 amide bonds. The minimum absolute atomic E-state index is 0.0905. The fraction of sp³-hybridized carbons (Fsp3) is 0.0588. The van der Waals surface area contributed by atoms with Gasteiger partial charge in [0.25, 0.3) is 5.91 Å². The van der Waals surface area contributed by atoms with Crippen LogP contribution in [0.4, 0.5) is 10.1 Å². The number of thiocarbonyl (C=S) groups is 1. The zero-order valence-electron chi connectivity index (χ0n) is 13.7. The third-order valence-electron chi connectivity index (χ3n) is 3.38. The monoisotopic (exact) mass is 487 g/mol. The molecule has 0 unspecified atom stereocenters. The molecule has 1 saturated heterocycles. The zero-order chi connectivity index (χ0) is 19.8. The minimum atomic E-state index is -3.74. The number of amides is 1. The second-order valence-electron chi connectivity index (χ2n) is 5.46. The molecule has 2 aromatic carbocycles. The lowest BCUT2D eigenvalue weighted by Gasteiger charge is -2.14. The number of rotatable bonds is 4. The molecule has 0 radical (unpaired) electrons. The summed E-state index contributed by atoms with van der Waals surface area (Å²) >= 11 is 9.64. The first-order valence-corrected chi connectivity index (χ1v) is 11.2. The maximum atomic E-state index is 13.1. The largest absolute Gasteiger partial charge is 0.382 e. The average molecular weight is 488 g/mol. The molecule has 0 atom stereocenters. The Morgan fingerprint density at radius 3 is 2.52 bits per heavy atom. The molecule has 0 aliphatic carbocycles. The second-order valence-corrected chi connectivity index (χ2v) is 9.63. The van der Waals surface area contributed by atoms with E-state index in [1.165, 1.54) is 41.3 Å². The Labute approximate surface area is 173 Å². The molecular formula is C17H11BrFNO4S3. The molecular weight excluding hydrogens is 477 g/mol. The molecule has 1 heterocycles. The molecule has 1 aliphatic heterocycles. The number of carbonyl (C=O) groups excluding carboxylic acids is 1. The van der Waals surface area contributed by atoms with Gasteiger partial charge in [0.05, 0.1) is 16.8 Å². The first kappa shape index (κ1) is 20.0. The Kier molecular flexibility index (Phi) is 5.71. The highest BCUT2D eigenvalue weighted by atomic mass is 79.9. The number of carbonyl (C=O) groups is 1. The van der Waals surface area contributed by atoms with Crippen LogP contribution in [0.1, 0.15) is 5.56 Å². The molecule has 0 saturated carbocycles. The molecule has 1 aliphatic rings. The maximum Gasteiger partial charge on any atom is 0.306 e. The first-order chi connectivity index (χ1) is 12.6. The van der Waals surface area contributed by atoms with Crippen LogP contribution in [0.5, 0.6) is 5.75 Å². The number of anilines is 1. The van der Waals surface area contributed by atoms with Gasteiger partial charge in [0.15, 0.2) is 4.32 Å². The van der Waals surface area contributed by atoms with E-state index in [9.17, 15) is 17.6 Å². The quantitative estimate of drug-likeness (QED) is 0.363. The summed E-state index contributed by atoms with van der Waals surface area (Å²) in [5.74, 6) is -0.717. The first-order valence-electron chi connectivity index (χ1n) is 7.36. The van der Waals surface area contributed by atoms with E-state index in [0.29, 0.717) is 24.9 Å². The molecule has 3 rings (SSSR count). The Bertz CT molecular complexity index is 1070. The van der Waals surface area contributed by atoms with Gasteiger partial charge in [0, 0.05) is 10.0 Å². The molecule has 140 valence electrons. The molecule has 0 spiro atoms. The van der Waals surface area contributed by atoms with Crippen molar-refractivity contribution in [1.82, 2.24) is 0 Å². The van der Waals surface area contributed by atoms with Crippen molar-refractivity contribution in [2.45, 2.75) is 0 Å². The van der Waals surface area contributed by atoms with Crippen molar-refractivity contribution in [3.8, 4) is 5.75 Å². The van der Waals surface area contributed by atoms with Crippen LogP contribution in [-0.2, 0) is 14.9 Å². The predicted octanol–water partition coefficient (Wildman–Crippen LogP) is 4.33. The van der Waals surface area contributed by atoms with Crippen LogP contribution in [-0.4, -0.2) is 24.9 Å². The standard InChI is InChI=1S/C17H11BrFNO4S3/c1-27(22,23)24-14-7-2-11(18)8-10(14)9-15-16(21)20(17(25)26-15)13-5-3-12(19)4-6-13/h2-9H,1H3/b15-9+. The van der Waals surface area contributed by atoms with Gasteiger partial charge >= 0.3 is 10.1 Å². The highest BCUT2D eigenvalue weighted by molar-refractivity contribution is 9.10. The molecule has 2 aromatic rings. The number of benzene rings is 2. The van der Waals surface area contributed by atoms with E-state index < -0.39 is 15.9 Å². The van der Waals surface area contributed by atoms with E-state index in [0.717, 1.165) is 18.0 Å². The Balaban J connectivity index is 1.99. The lowest BCUT2D eigenvalue weighted by Crippen LogP contribution is -2.27. The number of hydrogen-bond acceptors (Lipinski definition) is 6. The molecule has 10 heteroatoms. The normalized spacial score (nSPS) is 16.3. The summed E-state index contributed by atoms with van der Waals surface area (Å²) in [6, 6.07) is 10.1. The summed E-state index contributed by atoms with van der Waals surface area (Å²) in [5.41, 5.74) is 0.846. The van der Waals surface area contributed by atoms with Crippen molar-refractivity contribution in [3.63, 3.8) is 0 Å². The number of thioether (sulfide) groups is 1. The third-order valence-corrected chi connectivity index (χ3v) is 5.66. The summed E-state index contributed by atoms with van der Waals surface area (Å²) in [5, 5.41) is 0. The van der Waals surface area contributed by atoms with Gasteiger partial charge < -0.3 is 4.18 Å². The van der Waals surface area contributed by atoms with Crippen LogP contribution >= 0.6 is 39.9 Å². The SMILES string of the molecule is CS(=O)(=O)Oc1ccc(Br)cc1/C=C1/SC(=S)N(c2ccc(F)cc2)C1=O. The van der Waals surface area contributed by atoms with E-state index in [1.807, 2.05) is 0 Å². The van der Waals surface area contributed by atoms with Crippen LogP contribution in [0.3, 0.4) is 0 Å². The highest BCUT2D eigenvalue weighted by Gasteiger charge is 2.33. The molecule has 0 bridgehead atoms. The Hall–Kier alpha value is -1.75. The number of halogens is 2. The van der Waals surface area contributed by atoms with E-state index in [4.69, 9.17) is 16.4 Å². The van der Waals surface area contributed by atoms with Gasteiger partial charge in [0.1, 0.15) is 11.6 Å². The van der Waals surface area contributed by atoms with Gasteiger partial charge in [-0.1, -0.05) is 39.9 Å². The smallest absolute Gasteiger partial charge is 0.306 e. The summed E-state index contributed by atoms with van der Waals surface area (Å²) in [7, 11) is -3.74. The van der Waals surface area contributed by atoms with E-state index in [2.05, 4.69) is 15.9 Å². The Morgan fingerprint density at radius 1 is 1.22 bits per heavy atom. The zero-order valence-corrected chi connectivity index (χ0v) is 17.7. The lowest BCUT2D eigenvalue weighted by molar-refractivity contribution is -0.113. The summed E-state index contributed by atoms with van der Waals surface area (Å²) in [6.45, 7) is 0. The summed E-state index contributed by atoms with van der Waals surface area (Å²) < 4.78 is 42.0. The van der Waals surface area contributed by atoms with Gasteiger partial charge in [-0.05, 0) is 48.5 Å². The topological polar surface area (TPSA) is 63.7 Å². The van der Waals surface area contributed by atoms with Crippen LogP contribution in [0, 0.1) is 5.82 Å². The number of nitrogens with zero attached hydrogens (tertiary/aromatic N) is 1. The van der Waals surface area contributed by atoms with Crippen LogP contribution in [0.15, 0.2) is 51.8 Å². The summed E-state index contributed by atoms with van der Waals surface area (Å²) in [6.07, 6.45) is 2.45. The molecule has 1 fully saturated rings. The molecule has 27 heavy (non-hydrogen) atoms. The summed E-state index contributed by atoms with van der Waals surface area (Å²) in [4.78, 5) is 14.4. The van der Waals surface area contributed by atoms with Crippen molar-refractivity contribution in [1.29, 1.82) is 0 Å². The number of hydrogen-bond donors (Lipinski definition) is 0. The molecule has 5 nitrogen and oxygen atoms in total. The van der Waals surface area contributed by atoms with Crippen molar-refractivity contribution in [3.05, 3.63) is 63.2 Å². The van der Waals surface area contributed by atoms with Gasteiger partial charge in [-0.15, -0.1) is 0 Å². The van der Waals surface area contributed by atoms with E-state index >= 15 is 0 Å². The van der Waals surface area contributed by atoms with Gasteiger partial charge in [0.2, 0.25) is 0 Å². The van der Waals surface area contributed by atoms with Crippen molar-refractivity contribution < 1.29 is 21.8 Å². The van der Waals surface area contributed by atoms with Gasteiger partial charge in [-0.25, -0.2) is 4.39 Å².